The van der Waals surface area contributed by atoms with E-state index in [4.69, 9.17) is 10.5 Å². The van der Waals surface area contributed by atoms with Gasteiger partial charge in [0.2, 0.25) is 0 Å². The summed E-state index contributed by atoms with van der Waals surface area (Å²) in [5.41, 5.74) is 5.78. The van der Waals surface area contributed by atoms with Crippen molar-refractivity contribution in [2.24, 2.45) is 11.1 Å². The lowest BCUT2D eigenvalue weighted by Crippen LogP contribution is -2.39. The molecule has 0 fully saturated rings. The number of hydrogen-bond donors (Lipinski definition) is 1. The highest BCUT2D eigenvalue weighted by molar-refractivity contribution is 7.11. The Morgan fingerprint density at radius 1 is 1.37 bits per heavy atom. The van der Waals surface area contributed by atoms with Crippen molar-refractivity contribution in [3.63, 3.8) is 0 Å². The second-order valence-corrected chi connectivity index (χ2v) is 6.40. The Morgan fingerprint density at radius 3 is 2.32 bits per heavy atom. The Hall–Kier alpha value is -0.660. The summed E-state index contributed by atoms with van der Waals surface area (Å²) in [5.74, 6) is 0. The van der Waals surface area contributed by atoms with Gasteiger partial charge in [0.25, 0.3) is 0 Å². The Balaban J connectivity index is 2.97. The van der Waals surface area contributed by atoms with E-state index in [9.17, 15) is 13.2 Å². The number of ether oxygens (including phenoxy) is 1. The maximum Gasteiger partial charge on any atom is 0.443 e. The van der Waals surface area contributed by atoms with Crippen LogP contribution in [-0.4, -0.2) is 17.7 Å². The smallest absolute Gasteiger partial charge is 0.376 e. The van der Waals surface area contributed by atoms with Crippen LogP contribution >= 0.6 is 11.3 Å². The van der Waals surface area contributed by atoms with E-state index in [-0.39, 0.29) is 11.5 Å². The maximum atomic E-state index is 12.5. The minimum atomic E-state index is -4.43. The summed E-state index contributed by atoms with van der Waals surface area (Å²) in [6, 6.07) is -0.617. The molecule has 110 valence electrons. The summed E-state index contributed by atoms with van der Waals surface area (Å²) in [5, 5.41) is -0.873. The van der Waals surface area contributed by atoms with E-state index >= 15 is 0 Å². The van der Waals surface area contributed by atoms with Crippen LogP contribution < -0.4 is 5.73 Å². The maximum absolute atomic E-state index is 12.5. The Labute approximate surface area is 115 Å². The zero-order chi connectivity index (χ0) is 14.8. The fourth-order valence-electron chi connectivity index (χ4n) is 1.79. The van der Waals surface area contributed by atoms with Crippen LogP contribution in [0.15, 0.2) is 6.20 Å². The number of alkyl halides is 3. The number of nitrogens with zero attached hydrogens (tertiary/aromatic N) is 1. The number of rotatable bonds is 4. The first-order chi connectivity index (χ1) is 8.57. The molecule has 2 unspecified atom stereocenters. The third-order valence-electron chi connectivity index (χ3n) is 2.62. The lowest BCUT2D eigenvalue weighted by atomic mass is 9.84. The number of aromatic nitrogens is 1. The Bertz CT molecular complexity index is 412. The van der Waals surface area contributed by atoms with Crippen molar-refractivity contribution < 1.29 is 17.9 Å². The molecule has 1 aromatic heterocycles. The summed E-state index contributed by atoms with van der Waals surface area (Å²) in [7, 11) is 0. The monoisotopic (exact) mass is 296 g/mol. The van der Waals surface area contributed by atoms with Gasteiger partial charge >= 0.3 is 6.18 Å². The standard InChI is InChI=1S/C12H19F3N2OS/c1-5-18-9(11(2,3)4)8(16)7-6-17-10(19-7)12(13,14)15/h6,8-9H,5,16H2,1-4H3. The van der Waals surface area contributed by atoms with Gasteiger partial charge in [-0.1, -0.05) is 20.8 Å². The predicted molar refractivity (Wildman–Crippen MR) is 68.9 cm³/mol. The van der Waals surface area contributed by atoms with E-state index in [1.807, 2.05) is 27.7 Å². The lowest BCUT2D eigenvalue weighted by molar-refractivity contribution is -0.137. The van der Waals surface area contributed by atoms with Crippen molar-refractivity contribution in [3.05, 3.63) is 16.1 Å². The van der Waals surface area contributed by atoms with Gasteiger partial charge in [-0.05, 0) is 12.3 Å². The van der Waals surface area contributed by atoms with Crippen molar-refractivity contribution in [1.82, 2.24) is 4.98 Å². The molecule has 0 bridgehead atoms. The number of hydrogen-bond acceptors (Lipinski definition) is 4. The fourth-order valence-corrected chi connectivity index (χ4v) is 2.60. The molecular formula is C12H19F3N2OS. The van der Waals surface area contributed by atoms with Gasteiger partial charge in [0.1, 0.15) is 0 Å². The highest BCUT2D eigenvalue weighted by Gasteiger charge is 2.37. The molecule has 2 atom stereocenters. The van der Waals surface area contributed by atoms with Gasteiger partial charge in [0.05, 0.1) is 12.1 Å². The zero-order valence-corrected chi connectivity index (χ0v) is 12.2. The fraction of sp³-hybridized carbons (Fsp3) is 0.750. The first-order valence-corrected chi connectivity index (χ1v) is 6.79. The highest BCUT2D eigenvalue weighted by Crippen LogP contribution is 2.37. The minimum Gasteiger partial charge on any atom is -0.376 e. The summed E-state index contributed by atoms with van der Waals surface area (Å²) in [6.07, 6.45) is -3.60. The van der Waals surface area contributed by atoms with Gasteiger partial charge in [-0.25, -0.2) is 4.98 Å². The Kier molecular flexibility index (Phi) is 4.97. The second-order valence-electron chi connectivity index (χ2n) is 5.33. The zero-order valence-electron chi connectivity index (χ0n) is 11.4. The van der Waals surface area contributed by atoms with E-state index in [0.717, 1.165) is 0 Å². The van der Waals surface area contributed by atoms with Crippen LogP contribution in [0.4, 0.5) is 13.2 Å². The van der Waals surface area contributed by atoms with Crippen LogP contribution in [0.2, 0.25) is 0 Å². The van der Waals surface area contributed by atoms with Crippen LogP contribution in [0.1, 0.15) is 43.6 Å². The molecule has 0 aromatic carbocycles. The first kappa shape index (κ1) is 16.4. The van der Waals surface area contributed by atoms with Crippen molar-refractivity contribution in [2.75, 3.05) is 6.61 Å². The molecule has 0 spiro atoms. The van der Waals surface area contributed by atoms with Gasteiger partial charge in [-0.15, -0.1) is 11.3 Å². The summed E-state index contributed by atoms with van der Waals surface area (Å²) >= 11 is 0.577. The quantitative estimate of drug-likeness (QED) is 0.923. The molecule has 0 saturated heterocycles. The average molecular weight is 296 g/mol. The normalized spacial score (nSPS) is 16.4. The van der Waals surface area contributed by atoms with Crippen LogP contribution in [-0.2, 0) is 10.9 Å². The topological polar surface area (TPSA) is 48.1 Å². The number of nitrogens with two attached hydrogens (primary N) is 1. The molecule has 1 heterocycles. The van der Waals surface area contributed by atoms with Gasteiger partial charge in [-0.2, -0.15) is 13.2 Å². The van der Waals surface area contributed by atoms with Crippen molar-refractivity contribution >= 4 is 11.3 Å². The van der Waals surface area contributed by atoms with Crippen molar-refractivity contribution in [2.45, 2.75) is 46.0 Å². The predicted octanol–water partition coefficient (Wildman–Crippen LogP) is 3.61. The molecule has 0 aliphatic carbocycles. The molecule has 0 saturated carbocycles. The third kappa shape index (κ3) is 4.15. The largest absolute Gasteiger partial charge is 0.443 e. The second kappa shape index (κ2) is 5.76. The van der Waals surface area contributed by atoms with Gasteiger partial charge < -0.3 is 10.5 Å². The first-order valence-electron chi connectivity index (χ1n) is 5.97. The summed E-state index contributed by atoms with van der Waals surface area (Å²) in [4.78, 5) is 3.78. The lowest BCUT2D eigenvalue weighted by Gasteiger charge is -2.34. The number of thiazole rings is 1. The SMILES string of the molecule is CCOC(C(N)c1cnc(C(F)(F)F)s1)C(C)(C)C. The summed E-state index contributed by atoms with van der Waals surface area (Å²) in [6.45, 7) is 8.12. The molecule has 0 radical (unpaired) electrons. The van der Waals surface area contributed by atoms with E-state index < -0.39 is 17.2 Å². The van der Waals surface area contributed by atoms with E-state index in [1.54, 1.807) is 0 Å². The Morgan fingerprint density at radius 2 is 1.95 bits per heavy atom. The van der Waals surface area contributed by atoms with Crippen LogP contribution in [0.3, 0.4) is 0 Å². The van der Waals surface area contributed by atoms with E-state index in [2.05, 4.69) is 4.98 Å². The average Bonchev–Trinajstić information content (AvgIpc) is 2.72. The van der Waals surface area contributed by atoms with Crippen LogP contribution in [0, 0.1) is 5.41 Å². The number of halogens is 3. The third-order valence-corrected chi connectivity index (χ3v) is 3.76. The molecule has 19 heavy (non-hydrogen) atoms. The minimum absolute atomic E-state index is 0.266. The van der Waals surface area contributed by atoms with E-state index in [0.29, 0.717) is 22.8 Å². The molecule has 7 heteroatoms. The van der Waals surface area contributed by atoms with Crippen molar-refractivity contribution in [1.29, 1.82) is 0 Å². The molecule has 0 aliphatic rings. The van der Waals surface area contributed by atoms with E-state index in [1.165, 1.54) is 6.20 Å². The summed E-state index contributed by atoms with van der Waals surface area (Å²) < 4.78 is 43.2. The molecule has 1 aromatic rings. The molecule has 0 amide bonds. The highest BCUT2D eigenvalue weighted by atomic mass is 32.1. The molecular weight excluding hydrogens is 277 g/mol. The van der Waals surface area contributed by atoms with Gasteiger partial charge in [0, 0.05) is 17.7 Å². The molecule has 3 nitrogen and oxygen atoms in total. The van der Waals surface area contributed by atoms with Gasteiger partial charge in [0.15, 0.2) is 5.01 Å². The van der Waals surface area contributed by atoms with Crippen LogP contribution in [0.5, 0.6) is 0 Å². The molecule has 0 aliphatic heterocycles. The van der Waals surface area contributed by atoms with Crippen molar-refractivity contribution in [3.8, 4) is 0 Å². The molecule has 2 N–H and O–H groups in total. The molecule has 1 rings (SSSR count). The van der Waals surface area contributed by atoms with Gasteiger partial charge in [-0.3, -0.25) is 0 Å². The van der Waals surface area contributed by atoms with Crippen LogP contribution in [0.25, 0.3) is 0 Å².